The first-order valence-electron chi connectivity index (χ1n) is 17.3. The van der Waals surface area contributed by atoms with Crippen LogP contribution in [0.25, 0.3) is 10.9 Å². The molecule has 3 heteroatoms. The highest BCUT2D eigenvalue weighted by molar-refractivity contribution is 5.83. The molecule has 3 aromatic carbocycles. The quantitative estimate of drug-likeness (QED) is 0.203. The zero-order valence-corrected chi connectivity index (χ0v) is 32.0. The van der Waals surface area contributed by atoms with Gasteiger partial charge in [0, 0.05) is 29.0 Å². The van der Waals surface area contributed by atoms with Crippen molar-refractivity contribution in [3.05, 3.63) is 126 Å². The predicted molar refractivity (Wildman–Crippen MR) is 207 cm³/mol. The standard InChI is InChI=1S/C13H17N.C12H18.C11H16.C8H14N2/c1-13(2,3)8-10-9-14-12-7-5-4-6-11(10)12;1-10-5-7-11(8-6-10)9-12(2,3)4;1-11(2,3)9-10-7-5-4-6-8-10;1-8(2,3)4-7-5-9-6-10-7/h4-7,9,14H,8H2,1-3H3;5-8H,9H2,1-4H3;4-8H,9H2,1-3H3;5-6H,4H2,1-3H3,(H,9,10). The molecule has 0 bridgehead atoms. The molecule has 0 saturated carbocycles. The molecule has 2 N–H and O–H groups in total. The minimum Gasteiger partial charge on any atom is -0.361 e. The number of aryl methyl sites for hydroxylation is 1. The molecule has 0 saturated heterocycles. The van der Waals surface area contributed by atoms with Gasteiger partial charge in [-0.05, 0) is 77.0 Å². The molecule has 0 fully saturated rings. The minimum absolute atomic E-state index is 0.352. The highest BCUT2D eigenvalue weighted by atomic mass is 14.9. The summed E-state index contributed by atoms with van der Waals surface area (Å²) < 4.78 is 0. The van der Waals surface area contributed by atoms with Crippen LogP contribution in [0, 0.1) is 28.6 Å². The Hall–Kier alpha value is -3.59. The van der Waals surface area contributed by atoms with Gasteiger partial charge < -0.3 is 9.97 Å². The molecular formula is C44H65N3. The molecule has 0 aliphatic carbocycles. The van der Waals surface area contributed by atoms with Crippen LogP contribution in [-0.2, 0) is 25.7 Å². The van der Waals surface area contributed by atoms with E-state index in [1.807, 2.05) is 6.20 Å². The van der Waals surface area contributed by atoms with Crippen LogP contribution >= 0.6 is 0 Å². The summed E-state index contributed by atoms with van der Waals surface area (Å²) in [4.78, 5) is 10.3. The number of hydrogen-bond donors (Lipinski definition) is 2. The first kappa shape index (κ1) is 39.6. The predicted octanol–water partition coefficient (Wildman–Crippen LogP) is 12.6. The van der Waals surface area contributed by atoms with Crippen molar-refractivity contribution in [3.63, 3.8) is 0 Å². The summed E-state index contributed by atoms with van der Waals surface area (Å²) in [6.07, 6.45) is 10.2. The highest BCUT2D eigenvalue weighted by Crippen LogP contribution is 2.26. The number of H-pyrrole nitrogens is 2. The lowest BCUT2D eigenvalue weighted by atomic mass is 9.88. The second-order valence-corrected chi connectivity index (χ2v) is 17.9. The van der Waals surface area contributed by atoms with Crippen LogP contribution in [0.1, 0.15) is 111 Å². The number of para-hydroxylation sites is 1. The van der Waals surface area contributed by atoms with E-state index in [4.69, 9.17) is 0 Å². The van der Waals surface area contributed by atoms with Crippen LogP contribution in [0.5, 0.6) is 0 Å². The van der Waals surface area contributed by atoms with E-state index in [-0.39, 0.29) is 0 Å². The van der Waals surface area contributed by atoms with E-state index in [1.165, 1.54) is 38.9 Å². The fraction of sp³-hybridized carbons (Fsp3) is 0.477. The normalized spacial score (nSPS) is 11.9. The molecule has 256 valence electrons. The average Bonchev–Trinajstić information content (AvgIpc) is 3.58. The Morgan fingerprint density at radius 1 is 0.511 bits per heavy atom. The van der Waals surface area contributed by atoms with Crippen molar-refractivity contribution in [1.29, 1.82) is 0 Å². The molecule has 5 rings (SSSR count). The summed E-state index contributed by atoms with van der Waals surface area (Å²) in [5.74, 6) is 0. The van der Waals surface area contributed by atoms with Crippen LogP contribution in [0.15, 0.2) is 97.6 Å². The number of aromatic amines is 2. The Morgan fingerprint density at radius 2 is 1.00 bits per heavy atom. The van der Waals surface area contributed by atoms with Crippen molar-refractivity contribution in [3.8, 4) is 0 Å². The van der Waals surface area contributed by atoms with E-state index >= 15 is 0 Å². The summed E-state index contributed by atoms with van der Waals surface area (Å²) in [7, 11) is 0. The number of fused-ring (bicyclic) bond motifs is 1. The molecule has 0 atom stereocenters. The zero-order chi connectivity index (χ0) is 35.3. The zero-order valence-electron chi connectivity index (χ0n) is 32.0. The Labute approximate surface area is 288 Å². The van der Waals surface area contributed by atoms with Crippen molar-refractivity contribution >= 4 is 10.9 Å². The molecule has 0 aliphatic heterocycles. The van der Waals surface area contributed by atoms with Crippen LogP contribution in [0.3, 0.4) is 0 Å². The van der Waals surface area contributed by atoms with Crippen molar-refractivity contribution in [2.75, 3.05) is 0 Å². The Bertz CT molecular complexity index is 1530. The topological polar surface area (TPSA) is 44.5 Å². The van der Waals surface area contributed by atoms with E-state index in [9.17, 15) is 0 Å². The monoisotopic (exact) mass is 636 g/mol. The minimum atomic E-state index is 0.352. The summed E-state index contributed by atoms with van der Waals surface area (Å²) in [5, 5.41) is 1.36. The maximum absolute atomic E-state index is 3.95. The third kappa shape index (κ3) is 18.4. The van der Waals surface area contributed by atoms with Crippen molar-refractivity contribution in [2.45, 2.75) is 116 Å². The van der Waals surface area contributed by atoms with Crippen molar-refractivity contribution in [1.82, 2.24) is 15.0 Å². The first-order valence-corrected chi connectivity index (χ1v) is 17.3. The average molecular weight is 636 g/mol. The number of hydrogen-bond acceptors (Lipinski definition) is 1. The summed E-state index contributed by atoms with van der Waals surface area (Å²) in [6, 6.07) is 27.9. The number of aromatic nitrogens is 3. The molecule has 0 radical (unpaired) electrons. The molecule has 0 amide bonds. The molecular weight excluding hydrogens is 571 g/mol. The molecule has 47 heavy (non-hydrogen) atoms. The number of nitrogens with one attached hydrogen (secondary N) is 2. The van der Waals surface area contributed by atoms with Gasteiger partial charge in [-0.25, -0.2) is 4.98 Å². The van der Waals surface area contributed by atoms with Gasteiger partial charge in [-0.1, -0.05) is 161 Å². The van der Waals surface area contributed by atoms with E-state index in [1.54, 1.807) is 6.33 Å². The lowest BCUT2D eigenvalue weighted by Gasteiger charge is -2.17. The van der Waals surface area contributed by atoms with Crippen LogP contribution < -0.4 is 0 Å². The number of benzene rings is 3. The number of nitrogens with zero attached hydrogens (tertiary/aromatic N) is 1. The lowest BCUT2D eigenvalue weighted by Crippen LogP contribution is -2.09. The number of imidazole rings is 1. The molecule has 0 aliphatic rings. The van der Waals surface area contributed by atoms with Gasteiger partial charge in [0.25, 0.3) is 0 Å². The van der Waals surface area contributed by atoms with Gasteiger partial charge in [0.1, 0.15) is 0 Å². The van der Waals surface area contributed by atoms with Crippen LogP contribution in [0.4, 0.5) is 0 Å². The maximum atomic E-state index is 3.95. The molecule has 2 aromatic heterocycles. The third-order valence-corrected chi connectivity index (χ3v) is 7.10. The summed E-state index contributed by atoms with van der Waals surface area (Å²) in [5.41, 5.74) is 9.60. The van der Waals surface area contributed by atoms with Crippen molar-refractivity contribution < 1.29 is 0 Å². The van der Waals surface area contributed by atoms with E-state index in [0.29, 0.717) is 21.7 Å². The van der Waals surface area contributed by atoms with Crippen molar-refractivity contribution in [2.24, 2.45) is 21.7 Å². The first-order chi connectivity index (χ1) is 21.7. The van der Waals surface area contributed by atoms with Gasteiger partial charge in [0.05, 0.1) is 6.33 Å². The Morgan fingerprint density at radius 3 is 1.49 bits per heavy atom. The molecule has 0 unspecified atom stereocenters. The fourth-order valence-corrected chi connectivity index (χ4v) is 5.33. The second-order valence-electron chi connectivity index (χ2n) is 17.9. The van der Waals surface area contributed by atoms with E-state index < -0.39 is 0 Å². The lowest BCUT2D eigenvalue weighted by molar-refractivity contribution is 0.407. The Balaban J connectivity index is 0.000000220. The van der Waals surface area contributed by atoms with Crippen LogP contribution in [0.2, 0.25) is 0 Å². The van der Waals surface area contributed by atoms with E-state index in [0.717, 1.165) is 25.7 Å². The van der Waals surface area contributed by atoms with E-state index in [2.05, 4.69) is 190 Å². The smallest absolute Gasteiger partial charge is 0.0921 e. The van der Waals surface area contributed by atoms with Crippen LogP contribution in [-0.4, -0.2) is 15.0 Å². The summed E-state index contributed by atoms with van der Waals surface area (Å²) >= 11 is 0. The fourth-order valence-electron chi connectivity index (χ4n) is 5.33. The van der Waals surface area contributed by atoms with Gasteiger partial charge in [0.15, 0.2) is 0 Å². The SMILES string of the molecule is CC(C)(C)Cc1c[nH]c2ccccc12.CC(C)(C)Cc1ccccc1.CC(C)(C)Cc1cnc[nH]1.Cc1ccc(CC(C)(C)C)cc1. The third-order valence-electron chi connectivity index (χ3n) is 7.10. The second kappa shape index (κ2) is 17.5. The van der Waals surface area contributed by atoms with Gasteiger partial charge in [-0.2, -0.15) is 0 Å². The van der Waals surface area contributed by atoms with Gasteiger partial charge in [-0.15, -0.1) is 0 Å². The highest BCUT2D eigenvalue weighted by Gasteiger charge is 2.14. The largest absolute Gasteiger partial charge is 0.361 e. The summed E-state index contributed by atoms with van der Waals surface area (Å²) in [6.45, 7) is 29.2. The molecule has 3 nitrogen and oxygen atoms in total. The maximum Gasteiger partial charge on any atom is 0.0921 e. The number of rotatable bonds is 4. The van der Waals surface area contributed by atoms with Gasteiger partial charge >= 0.3 is 0 Å². The molecule has 2 heterocycles. The van der Waals surface area contributed by atoms with Gasteiger partial charge in [-0.3, -0.25) is 0 Å². The van der Waals surface area contributed by atoms with Gasteiger partial charge in [0.2, 0.25) is 0 Å². The molecule has 5 aromatic rings. The molecule has 0 spiro atoms. The Kier molecular flexibility index (Phi) is 14.8.